The van der Waals surface area contributed by atoms with E-state index in [1.807, 2.05) is 0 Å². The first-order chi connectivity index (χ1) is 20.2. The Labute approximate surface area is 267 Å². The van der Waals surface area contributed by atoms with Crippen molar-refractivity contribution >= 4 is 44.0 Å². The molecule has 0 N–H and O–H groups in total. The van der Waals surface area contributed by atoms with Crippen LogP contribution >= 0.6 is 17.0 Å². The second-order valence-electron chi connectivity index (χ2n) is 10.9. The number of hydrogen-bond donors (Lipinski definition) is 0. The molecule has 0 saturated carbocycles. The molecule has 0 amide bonds. The number of hydrogen-bond acceptors (Lipinski definition) is 0. The Balaban J connectivity index is 0.000000162. The predicted octanol–water partition coefficient (Wildman–Crippen LogP) is 12.4. The Morgan fingerprint density at radius 1 is 0.571 bits per heavy atom. The van der Waals surface area contributed by atoms with Crippen LogP contribution in [0.1, 0.15) is 36.1 Å². The van der Waals surface area contributed by atoms with Crippen molar-refractivity contribution in [2.75, 3.05) is 0 Å². The van der Waals surface area contributed by atoms with Gasteiger partial charge in [0.25, 0.3) is 0 Å². The fourth-order valence-electron chi connectivity index (χ4n) is 5.22. The molecule has 6 aromatic rings. The average molecular weight is 687 g/mol. The monoisotopic (exact) mass is 684 g/mol. The first-order valence-corrected chi connectivity index (χ1v) is 27.2. The summed E-state index contributed by atoms with van der Waals surface area (Å²) in [6, 6.07) is 39.6. The first-order valence-electron chi connectivity index (χ1n) is 14.7. The van der Waals surface area contributed by atoms with Crippen LogP contribution in [0, 0.1) is 13.8 Å². The summed E-state index contributed by atoms with van der Waals surface area (Å²) in [5.74, 6) is 0. The van der Waals surface area contributed by atoms with Crippen molar-refractivity contribution in [1.29, 1.82) is 0 Å². The van der Waals surface area contributed by atoms with Crippen LogP contribution in [-0.4, -0.2) is 5.43 Å². The molecule has 4 heteroatoms. The summed E-state index contributed by atoms with van der Waals surface area (Å²) >= 11 is -1.65. The van der Waals surface area contributed by atoms with Crippen LogP contribution in [-0.2, 0) is 30.8 Å². The Morgan fingerprint density at radius 2 is 0.929 bits per heavy atom. The molecule has 0 aliphatic rings. The summed E-state index contributed by atoms with van der Waals surface area (Å²) in [6.07, 6.45) is 2.20. The summed E-state index contributed by atoms with van der Waals surface area (Å²) in [4.78, 5) is 0. The van der Waals surface area contributed by atoms with Crippen LogP contribution in [0.15, 0.2) is 109 Å². The van der Waals surface area contributed by atoms with Crippen molar-refractivity contribution in [2.45, 2.75) is 53.6 Å². The minimum atomic E-state index is -1.65. The summed E-state index contributed by atoms with van der Waals surface area (Å²) in [5, 5.41) is 5.47. The molecule has 0 fully saturated rings. The topological polar surface area (TPSA) is 0 Å². The van der Waals surface area contributed by atoms with Gasteiger partial charge in [-0.3, -0.25) is 0 Å². The van der Waals surface area contributed by atoms with Gasteiger partial charge in [-0.25, -0.2) is 0 Å². The van der Waals surface area contributed by atoms with Gasteiger partial charge in [-0.2, -0.15) is 12.1 Å². The van der Waals surface area contributed by atoms with Crippen LogP contribution in [0.4, 0.5) is 0 Å². The van der Waals surface area contributed by atoms with E-state index in [4.69, 9.17) is 17.0 Å². The van der Waals surface area contributed by atoms with Gasteiger partial charge >= 0.3 is 53.5 Å². The van der Waals surface area contributed by atoms with Gasteiger partial charge in [0.2, 0.25) is 0 Å². The number of benzene rings is 4. The molecule has 0 heterocycles. The van der Waals surface area contributed by atoms with Crippen LogP contribution in [0.25, 0.3) is 43.8 Å². The standard InChI is InChI=1S/2C18H17.C2H6Si.2ClH.Zr/c2*1-3-14-11-15-8-6-10-17(18(15)12-14)16-9-5-4-7-13(16)2;1-3-2;;;/h2*4-12H,3H2,1-2H3;1-2H3;2*1H;/q2*-1;;;;+2/p-2. The van der Waals surface area contributed by atoms with E-state index in [2.05, 4.69) is 150 Å². The zero-order chi connectivity index (χ0) is 30.2. The molecule has 216 valence electrons. The van der Waals surface area contributed by atoms with E-state index in [-0.39, 0.29) is 5.43 Å². The number of fused-ring (bicyclic) bond motifs is 2. The molecule has 0 aliphatic carbocycles. The molecule has 0 nitrogen and oxygen atoms in total. The third-order valence-electron chi connectivity index (χ3n) is 7.69. The van der Waals surface area contributed by atoms with Gasteiger partial charge in [-0.05, 0) is 48.9 Å². The molecular weight excluding hydrogens is 647 g/mol. The molecule has 0 aliphatic heterocycles. The van der Waals surface area contributed by atoms with Crippen LogP contribution < -0.4 is 0 Å². The molecule has 6 aromatic carbocycles. The van der Waals surface area contributed by atoms with Crippen molar-refractivity contribution in [2.24, 2.45) is 0 Å². The van der Waals surface area contributed by atoms with Crippen molar-refractivity contribution in [1.82, 2.24) is 0 Å². The number of rotatable bonds is 4. The quantitative estimate of drug-likeness (QED) is 0.128. The van der Waals surface area contributed by atoms with Crippen LogP contribution in [0.3, 0.4) is 0 Å². The summed E-state index contributed by atoms with van der Waals surface area (Å²) in [7, 11) is 11.2. The minimum absolute atomic E-state index is 0.224. The summed E-state index contributed by atoms with van der Waals surface area (Å²) < 4.78 is 0. The van der Waals surface area contributed by atoms with Crippen molar-refractivity contribution in [3.8, 4) is 22.3 Å². The molecule has 0 atom stereocenters. The van der Waals surface area contributed by atoms with Gasteiger partial charge in [0.05, 0.1) is 0 Å². The van der Waals surface area contributed by atoms with E-state index in [9.17, 15) is 0 Å². The third-order valence-corrected chi connectivity index (χ3v) is 27.4. The number of halogens is 2. The fourth-order valence-corrected chi connectivity index (χ4v) is 5.22. The zero-order valence-electron chi connectivity index (χ0n) is 25.6. The second kappa shape index (κ2) is 15.5. The van der Waals surface area contributed by atoms with E-state index in [1.165, 1.54) is 66.1 Å². The van der Waals surface area contributed by atoms with Gasteiger partial charge in [0.15, 0.2) is 0 Å². The molecule has 0 spiro atoms. The zero-order valence-corrected chi connectivity index (χ0v) is 30.5. The second-order valence-corrected chi connectivity index (χ2v) is 33.9. The Bertz CT molecular complexity index is 1680. The molecule has 6 rings (SSSR count). The Kier molecular flexibility index (Phi) is 12.1. The summed E-state index contributed by atoms with van der Waals surface area (Å²) in [5.41, 5.74) is 10.7. The van der Waals surface area contributed by atoms with E-state index < -0.39 is 18.0 Å². The average Bonchev–Trinajstić information content (AvgIpc) is 3.62. The fraction of sp³-hybridized carbons (Fsp3) is 0.211. The van der Waals surface area contributed by atoms with Crippen molar-refractivity contribution < 1.29 is 18.0 Å². The van der Waals surface area contributed by atoms with Gasteiger partial charge in [-0.15, -0.1) is 69.1 Å². The number of aryl methyl sites for hydroxylation is 4. The van der Waals surface area contributed by atoms with E-state index in [0.29, 0.717) is 0 Å². The normalized spacial score (nSPS) is 10.6. The third kappa shape index (κ3) is 8.03. The van der Waals surface area contributed by atoms with E-state index in [1.54, 1.807) is 0 Å². The molecular formula is C38H40Cl2SiZr-2. The van der Waals surface area contributed by atoms with E-state index in [0.717, 1.165) is 12.8 Å². The van der Waals surface area contributed by atoms with Crippen molar-refractivity contribution in [3.05, 3.63) is 131 Å². The van der Waals surface area contributed by atoms with Gasteiger partial charge in [-0.1, -0.05) is 85.6 Å². The molecule has 0 unspecified atom stereocenters. The van der Waals surface area contributed by atoms with E-state index >= 15 is 0 Å². The van der Waals surface area contributed by atoms with Gasteiger partial charge < -0.3 is 0 Å². The maximum absolute atomic E-state index is 5.62. The van der Waals surface area contributed by atoms with Gasteiger partial charge in [0.1, 0.15) is 0 Å². The van der Waals surface area contributed by atoms with Crippen molar-refractivity contribution in [3.63, 3.8) is 0 Å². The molecule has 0 radical (unpaired) electrons. The predicted molar refractivity (Wildman–Crippen MR) is 187 cm³/mol. The summed E-state index contributed by atoms with van der Waals surface area (Å²) in [6.45, 7) is 13.1. The van der Waals surface area contributed by atoms with Crippen LogP contribution in [0.2, 0.25) is 13.1 Å². The molecule has 42 heavy (non-hydrogen) atoms. The van der Waals surface area contributed by atoms with Gasteiger partial charge in [0, 0.05) is 0 Å². The first kappa shape index (κ1) is 32.7. The Morgan fingerprint density at radius 3 is 1.26 bits per heavy atom. The SMILES string of the molecule is CCc1cc2c(-c3ccccc3C)cccc2[cH-]1.CCc1cc2c(-c3ccccc3C)cccc2[cH-]1.C[Si](C)=[Zr]([Cl])[Cl]. The molecule has 0 aromatic heterocycles. The molecule has 0 saturated heterocycles. The Hall–Kier alpha value is -2.22. The molecule has 0 bridgehead atoms. The van der Waals surface area contributed by atoms with Crippen LogP contribution in [0.5, 0.6) is 0 Å². The maximum atomic E-state index is 5.62.